The summed E-state index contributed by atoms with van der Waals surface area (Å²) >= 11 is 0. The molecular weight excluding hydrogens is 290 g/mol. The standard InChI is InChI=1S/C18H21N3O2/c1-13(21-11-3-2-4-12-21)14-5-7-15(8-6-14)16-9-10-17(18(22)23)20-19-16/h5-10,13H,2-4,11-12H2,1H3,(H,22,23). The summed E-state index contributed by atoms with van der Waals surface area (Å²) in [7, 11) is 0. The Morgan fingerprint density at radius 3 is 2.30 bits per heavy atom. The second kappa shape index (κ2) is 6.87. The van der Waals surface area contributed by atoms with Crippen LogP contribution in [0.25, 0.3) is 11.3 Å². The molecule has 1 atom stereocenters. The molecule has 0 spiro atoms. The third-order valence-corrected chi connectivity index (χ3v) is 4.51. The molecule has 5 heteroatoms. The van der Waals surface area contributed by atoms with Gasteiger partial charge in [-0.05, 0) is 50.6 Å². The summed E-state index contributed by atoms with van der Waals surface area (Å²) in [6.45, 7) is 4.60. The molecule has 0 amide bonds. The second-order valence-corrected chi connectivity index (χ2v) is 6.00. The number of hydrogen-bond acceptors (Lipinski definition) is 4. The zero-order valence-electron chi connectivity index (χ0n) is 13.3. The molecule has 23 heavy (non-hydrogen) atoms. The maximum atomic E-state index is 10.8. The van der Waals surface area contributed by atoms with E-state index in [0.717, 1.165) is 5.56 Å². The molecule has 1 aliphatic heterocycles. The number of aromatic carboxylic acids is 1. The van der Waals surface area contributed by atoms with E-state index in [1.807, 2.05) is 12.1 Å². The van der Waals surface area contributed by atoms with Crippen molar-refractivity contribution in [3.63, 3.8) is 0 Å². The van der Waals surface area contributed by atoms with Gasteiger partial charge in [0, 0.05) is 11.6 Å². The summed E-state index contributed by atoms with van der Waals surface area (Å²) in [6, 6.07) is 11.9. The Morgan fingerprint density at radius 1 is 1.04 bits per heavy atom. The highest BCUT2D eigenvalue weighted by Gasteiger charge is 2.18. The SMILES string of the molecule is CC(c1ccc(-c2ccc(C(=O)O)nn2)cc1)N1CCCCC1. The predicted molar refractivity (Wildman–Crippen MR) is 88.3 cm³/mol. The summed E-state index contributed by atoms with van der Waals surface area (Å²) in [5, 5.41) is 16.6. The number of likely N-dealkylation sites (tertiary alicyclic amines) is 1. The van der Waals surface area contributed by atoms with Gasteiger partial charge in [0.1, 0.15) is 0 Å². The average Bonchev–Trinajstić information content (AvgIpc) is 2.62. The zero-order valence-corrected chi connectivity index (χ0v) is 13.3. The number of carbonyl (C=O) groups is 1. The molecule has 120 valence electrons. The highest BCUT2D eigenvalue weighted by atomic mass is 16.4. The van der Waals surface area contributed by atoms with E-state index in [1.54, 1.807) is 6.07 Å². The van der Waals surface area contributed by atoms with Crippen molar-refractivity contribution in [1.29, 1.82) is 0 Å². The van der Waals surface area contributed by atoms with E-state index >= 15 is 0 Å². The molecule has 2 heterocycles. The number of carboxylic acid groups (broad SMARTS) is 1. The van der Waals surface area contributed by atoms with Gasteiger partial charge in [-0.15, -0.1) is 10.2 Å². The molecule has 1 fully saturated rings. The number of piperidine rings is 1. The van der Waals surface area contributed by atoms with E-state index in [-0.39, 0.29) is 5.69 Å². The predicted octanol–water partition coefficient (Wildman–Crippen LogP) is 3.39. The first-order chi connectivity index (χ1) is 11.1. The van der Waals surface area contributed by atoms with Crippen LogP contribution >= 0.6 is 0 Å². The van der Waals surface area contributed by atoms with Crippen LogP contribution in [-0.2, 0) is 0 Å². The van der Waals surface area contributed by atoms with Gasteiger partial charge in [-0.3, -0.25) is 4.90 Å². The summed E-state index contributed by atoms with van der Waals surface area (Å²) in [6.07, 6.45) is 3.91. The van der Waals surface area contributed by atoms with Crippen LogP contribution in [-0.4, -0.2) is 39.3 Å². The van der Waals surface area contributed by atoms with Crippen molar-refractivity contribution in [2.45, 2.75) is 32.2 Å². The fourth-order valence-corrected chi connectivity index (χ4v) is 3.05. The van der Waals surface area contributed by atoms with Gasteiger partial charge in [0.15, 0.2) is 5.69 Å². The van der Waals surface area contributed by atoms with E-state index in [4.69, 9.17) is 5.11 Å². The molecule has 0 saturated carbocycles. The second-order valence-electron chi connectivity index (χ2n) is 6.00. The van der Waals surface area contributed by atoms with Gasteiger partial charge >= 0.3 is 5.97 Å². The molecule has 0 aliphatic carbocycles. The van der Waals surface area contributed by atoms with Gasteiger partial charge in [-0.25, -0.2) is 4.79 Å². The molecule has 1 unspecified atom stereocenters. The first-order valence-electron chi connectivity index (χ1n) is 8.06. The van der Waals surface area contributed by atoms with Crippen molar-refractivity contribution in [3.05, 3.63) is 47.7 Å². The summed E-state index contributed by atoms with van der Waals surface area (Å²) in [5.41, 5.74) is 2.89. The van der Waals surface area contributed by atoms with Gasteiger partial charge in [-0.1, -0.05) is 30.7 Å². The van der Waals surface area contributed by atoms with Crippen LogP contribution in [0, 0.1) is 0 Å². The lowest BCUT2D eigenvalue weighted by Gasteiger charge is -2.32. The minimum Gasteiger partial charge on any atom is -0.476 e. The smallest absolute Gasteiger partial charge is 0.356 e. The molecule has 1 N–H and O–H groups in total. The molecule has 1 aromatic heterocycles. The Kier molecular flexibility index (Phi) is 4.67. The van der Waals surface area contributed by atoms with Crippen LogP contribution < -0.4 is 0 Å². The fourth-order valence-electron chi connectivity index (χ4n) is 3.05. The Hall–Kier alpha value is -2.27. The summed E-state index contributed by atoms with van der Waals surface area (Å²) in [4.78, 5) is 13.3. The highest BCUT2D eigenvalue weighted by Crippen LogP contribution is 2.26. The lowest BCUT2D eigenvalue weighted by molar-refractivity contribution is 0.0689. The third kappa shape index (κ3) is 3.56. The molecule has 1 aliphatic rings. The Bertz CT molecular complexity index is 662. The topological polar surface area (TPSA) is 66.3 Å². The Balaban J connectivity index is 1.74. The third-order valence-electron chi connectivity index (χ3n) is 4.51. The van der Waals surface area contributed by atoms with Crippen LogP contribution in [0.15, 0.2) is 36.4 Å². The van der Waals surface area contributed by atoms with Crippen molar-refractivity contribution in [3.8, 4) is 11.3 Å². The minimum atomic E-state index is -1.06. The first kappa shape index (κ1) is 15.6. The lowest BCUT2D eigenvalue weighted by atomic mass is 10.0. The maximum absolute atomic E-state index is 10.8. The Labute approximate surface area is 136 Å². The van der Waals surface area contributed by atoms with Crippen LogP contribution in [0.4, 0.5) is 0 Å². The van der Waals surface area contributed by atoms with E-state index in [9.17, 15) is 4.79 Å². The molecule has 2 aromatic rings. The largest absolute Gasteiger partial charge is 0.476 e. The van der Waals surface area contributed by atoms with E-state index < -0.39 is 5.97 Å². The lowest BCUT2D eigenvalue weighted by Crippen LogP contribution is -2.32. The quantitative estimate of drug-likeness (QED) is 0.937. The van der Waals surface area contributed by atoms with Gasteiger partial charge in [0.25, 0.3) is 0 Å². The van der Waals surface area contributed by atoms with Gasteiger partial charge in [-0.2, -0.15) is 0 Å². The van der Waals surface area contributed by atoms with Crippen LogP contribution in [0.5, 0.6) is 0 Å². The molecular formula is C18H21N3O2. The molecule has 3 rings (SSSR count). The van der Waals surface area contributed by atoms with E-state index in [0.29, 0.717) is 11.7 Å². The number of nitrogens with zero attached hydrogens (tertiary/aromatic N) is 3. The normalized spacial score (nSPS) is 16.9. The molecule has 0 bridgehead atoms. The van der Waals surface area contributed by atoms with E-state index in [1.165, 1.54) is 44.0 Å². The van der Waals surface area contributed by atoms with Crippen molar-refractivity contribution in [2.75, 3.05) is 13.1 Å². The zero-order chi connectivity index (χ0) is 16.2. The number of rotatable bonds is 4. The first-order valence-corrected chi connectivity index (χ1v) is 8.06. The van der Waals surface area contributed by atoms with Crippen LogP contribution in [0.2, 0.25) is 0 Å². The van der Waals surface area contributed by atoms with Gasteiger partial charge in [0.05, 0.1) is 5.69 Å². The molecule has 1 saturated heterocycles. The Morgan fingerprint density at radius 2 is 1.74 bits per heavy atom. The fraction of sp³-hybridized carbons (Fsp3) is 0.389. The maximum Gasteiger partial charge on any atom is 0.356 e. The van der Waals surface area contributed by atoms with E-state index in [2.05, 4.69) is 34.2 Å². The molecule has 0 radical (unpaired) electrons. The highest BCUT2D eigenvalue weighted by molar-refractivity contribution is 5.85. The average molecular weight is 311 g/mol. The summed E-state index contributed by atoms with van der Waals surface area (Å²) in [5.74, 6) is -1.06. The number of aromatic nitrogens is 2. The number of carboxylic acids is 1. The van der Waals surface area contributed by atoms with Gasteiger partial charge < -0.3 is 5.11 Å². The minimum absolute atomic E-state index is 0.0379. The van der Waals surface area contributed by atoms with Crippen molar-refractivity contribution < 1.29 is 9.90 Å². The number of hydrogen-bond donors (Lipinski definition) is 1. The van der Waals surface area contributed by atoms with Crippen molar-refractivity contribution in [1.82, 2.24) is 15.1 Å². The van der Waals surface area contributed by atoms with Gasteiger partial charge in [0.2, 0.25) is 0 Å². The summed E-state index contributed by atoms with van der Waals surface area (Å²) < 4.78 is 0. The number of benzene rings is 1. The van der Waals surface area contributed by atoms with Crippen LogP contribution in [0.3, 0.4) is 0 Å². The van der Waals surface area contributed by atoms with Crippen molar-refractivity contribution in [2.24, 2.45) is 0 Å². The molecule has 1 aromatic carbocycles. The molecule has 5 nitrogen and oxygen atoms in total. The van der Waals surface area contributed by atoms with Crippen molar-refractivity contribution >= 4 is 5.97 Å². The van der Waals surface area contributed by atoms with Crippen LogP contribution in [0.1, 0.15) is 48.3 Å². The monoisotopic (exact) mass is 311 g/mol.